The minimum Gasteiger partial charge on any atom is -0.333 e. The van der Waals surface area contributed by atoms with Gasteiger partial charge in [-0.15, -0.1) is 6.42 Å². The average molecular weight is 654 g/mol. The van der Waals surface area contributed by atoms with Crippen molar-refractivity contribution in [2.24, 2.45) is 5.73 Å². The summed E-state index contributed by atoms with van der Waals surface area (Å²) in [4.78, 5) is 0. The van der Waals surface area contributed by atoms with Gasteiger partial charge in [0.25, 0.3) is 0 Å². The largest absolute Gasteiger partial charge is 0.333 e. The van der Waals surface area contributed by atoms with Gasteiger partial charge in [0.1, 0.15) is 0 Å². The molecule has 276 valence electrons. The molecule has 1 rings (SSSR count). The molecule has 0 unspecified atom stereocenters. The van der Waals surface area contributed by atoms with Crippen LogP contribution in [0.2, 0.25) is 0 Å². The van der Waals surface area contributed by atoms with Crippen molar-refractivity contribution in [3.05, 3.63) is 93.5 Å². The van der Waals surface area contributed by atoms with Crippen molar-refractivity contribution in [1.82, 2.24) is 0 Å². The lowest BCUT2D eigenvalue weighted by atomic mass is 10.0. The van der Waals surface area contributed by atoms with E-state index in [4.69, 9.17) is 6.42 Å². The molecule has 0 spiro atoms. The standard InChI is InChI=1S/C15H18.C10H18.C10H16.5C2H6.CH5N/c1-6-14(9-11(2)3)15-10-12(4)7-8-13(15)5;1-5-8-9(4)10(6-2)7-3;1-5-8-10(7-3)9(4)6-2;6*1-2/h6-10H,1,5H2,2-4H3;6H,2,5,7-8H2,1,3-4H3;3H,5-6,8H2,1-2,4H3;5*1-2H3;2H2,1H3/b15-14-;10-9+;10-9-;;;;;;. The first kappa shape index (κ1) is 62.9. The Morgan fingerprint density at radius 1 is 0.723 bits per heavy atom. The Morgan fingerprint density at radius 3 is 1.47 bits per heavy atom. The summed E-state index contributed by atoms with van der Waals surface area (Å²) in [5, 5.41) is 2.22. The number of rotatable bonds is 9. The second kappa shape index (κ2) is 55.6. The summed E-state index contributed by atoms with van der Waals surface area (Å²) >= 11 is 0. The molecule has 0 aliphatic rings. The van der Waals surface area contributed by atoms with E-state index in [0.717, 1.165) is 36.5 Å². The number of nitrogens with two attached hydrogens (primary N) is 1. The molecular formula is C46H87N. The molecular weight excluding hydrogens is 567 g/mol. The Labute approximate surface area is 300 Å². The van der Waals surface area contributed by atoms with E-state index in [0.29, 0.717) is 0 Å². The van der Waals surface area contributed by atoms with Crippen LogP contribution in [0.5, 0.6) is 0 Å². The zero-order chi connectivity index (χ0) is 39.4. The Kier molecular flexibility index (Phi) is 74.4. The third-order valence-electron chi connectivity index (χ3n) is 5.76. The molecule has 0 aromatic heterocycles. The highest BCUT2D eigenvalue weighted by atomic mass is 14.4. The van der Waals surface area contributed by atoms with Gasteiger partial charge < -0.3 is 5.73 Å². The summed E-state index contributed by atoms with van der Waals surface area (Å²) in [6.07, 6.45) is 18.2. The van der Waals surface area contributed by atoms with Gasteiger partial charge in [-0.05, 0) is 88.9 Å². The van der Waals surface area contributed by atoms with E-state index < -0.39 is 0 Å². The molecule has 1 aromatic rings. The topological polar surface area (TPSA) is 26.0 Å². The van der Waals surface area contributed by atoms with Gasteiger partial charge >= 0.3 is 0 Å². The molecule has 0 amide bonds. The van der Waals surface area contributed by atoms with E-state index in [1.165, 1.54) is 58.5 Å². The number of benzene rings is 1. The Bertz CT molecular complexity index is 1030. The zero-order valence-electron chi connectivity index (χ0n) is 36.0. The molecule has 2 N–H and O–H groups in total. The van der Waals surface area contributed by atoms with Crippen LogP contribution in [0.25, 0.3) is 12.2 Å². The van der Waals surface area contributed by atoms with E-state index in [2.05, 4.69) is 112 Å². The fraction of sp³-hybridized carbons (Fsp3) is 0.565. The predicted molar refractivity (Wildman–Crippen MR) is 231 cm³/mol. The molecule has 0 fully saturated rings. The van der Waals surface area contributed by atoms with Gasteiger partial charge in [-0.25, -0.2) is 0 Å². The summed E-state index contributed by atoms with van der Waals surface area (Å²) in [7, 11) is 1.50. The van der Waals surface area contributed by atoms with E-state index in [1.807, 2.05) is 87.5 Å². The molecule has 0 aliphatic heterocycles. The van der Waals surface area contributed by atoms with Crippen LogP contribution in [0.15, 0.2) is 77.5 Å². The minimum atomic E-state index is 1.05. The maximum atomic E-state index is 5.33. The molecule has 0 saturated carbocycles. The van der Waals surface area contributed by atoms with Crippen LogP contribution in [-0.4, -0.2) is 7.05 Å². The molecule has 0 atom stereocenters. The summed E-state index contributed by atoms with van der Waals surface area (Å²) in [6.45, 7) is 50.9. The number of hydrogen-bond donors (Lipinski definition) is 1. The summed E-state index contributed by atoms with van der Waals surface area (Å²) < 4.78 is 0. The average Bonchev–Trinajstić information content (AvgIpc) is 3.13. The van der Waals surface area contributed by atoms with Crippen molar-refractivity contribution < 1.29 is 0 Å². The first-order valence-electron chi connectivity index (χ1n) is 18.7. The monoisotopic (exact) mass is 654 g/mol. The van der Waals surface area contributed by atoms with Crippen LogP contribution in [0.1, 0.15) is 169 Å². The van der Waals surface area contributed by atoms with Crippen LogP contribution >= 0.6 is 0 Å². The van der Waals surface area contributed by atoms with Gasteiger partial charge in [0.2, 0.25) is 0 Å². The van der Waals surface area contributed by atoms with Crippen LogP contribution in [0, 0.1) is 19.3 Å². The number of terminal acetylenes is 1. The van der Waals surface area contributed by atoms with Gasteiger partial charge in [0.05, 0.1) is 0 Å². The molecule has 0 radical (unpaired) electrons. The van der Waals surface area contributed by atoms with E-state index in [-0.39, 0.29) is 0 Å². The van der Waals surface area contributed by atoms with Crippen LogP contribution in [0.3, 0.4) is 0 Å². The first-order chi connectivity index (χ1) is 22.6. The third kappa shape index (κ3) is 41.2. The van der Waals surface area contributed by atoms with Crippen molar-refractivity contribution in [2.45, 2.75) is 170 Å². The third-order valence-corrected chi connectivity index (χ3v) is 5.76. The highest BCUT2D eigenvalue weighted by Gasteiger charge is 1.95. The van der Waals surface area contributed by atoms with Crippen LogP contribution in [-0.2, 0) is 0 Å². The van der Waals surface area contributed by atoms with Crippen LogP contribution in [0.4, 0.5) is 0 Å². The number of allylic oxidation sites excluding steroid dienone is 8. The quantitative estimate of drug-likeness (QED) is 0.208. The van der Waals surface area contributed by atoms with E-state index >= 15 is 0 Å². The number of hydrogen-bond acceptors (Lipinski definition) is 1. The lowest BCUT2D eigenvalue weighted by Gasteiger charge is -2.03. The smallest absolute Gasteiger partial charge is 0.000661 e. The lowest BCUT2D eigenvalue weighted by Crippen LogP contribution is -2.24. The van der Waals surface area contributed by atoms with Gasteiger partial charge in [0, 0.05) is 5.57 Å². The predicted octanol–water partition coefficient (Wildman–Crippen LogP) is 14.3. The highest BCUT2D eigenvalue weighted by Crippen LogP contribution is 2.14. The maximum absolute atomic E-state index is 5.33. The second-order valence-electron chi connectivity index (χ2n) is 9.16. The van der Waals surface area contributed by atoms with Gasteiger partial charge in [-0.3, -0.25) is 0 Å². The van der Waals surface area contributed by atoms with Gasteiger partial charge in [-0.1, -0.05) is 194 Å². The molecule has 0 saturated heterocycles. The molecule has 0 bridgehead atoms. The summed E-state index contributed by atoms with van der Waals surface area (Å²) in [5.41, 5.74) is 13.6. The fourth-order valence-electron chi connectivity index (χ4n) is 3.54. The fourth-order valence-corrected chi connectivity index (χ4v) is 3.54. The Morgan fingerprint density at radius 2 is 1.17 bits per heavy atom. The first-order valence-corrected chi connectivity index (χ1v) is 18.7. The van der Waals surface area contributed by atoms with Gasteiger partial charge in [-0.2, -0.15) is 0 Å². The van der Waals surface area contributed by atoms with Crippen molar-refractivity contribution >= 4 is 12.2 Å². The van der Waals surface area contributed by atoms with Crippen molar-refractivity contribution in [2.75, 3.05) is 7.05 Å². The highest BCUT2D eigenvalue weighted by molar-refractivity contribution is 5.66. The Hall–Kier alpha value is -2.82. The molecule has 1 aromatic carbocycles. The summed E-state index contributed by atoms with van der Waals surface area (Å²) in [5.74, 6) is 2.73. The maximum Gasteiger partial charge on any atom is 0.000661 e. The Balaban J connectivity index is -0.0000000708. The van der Waals surface area contributed by atoms with Crippen molar-refractivity contribution in [3.63, 3.8) is 0 Å². The second-order valence-corrected chi connectivity index (χ2v) is 9.16. The normalized spacial score (nSPS) is 9.87. The van der Waals surface area contributed by atoms with E-state index in [9.17, 15) is 0 Å². The zero-order valence-corrected chi connectivity index (χ0v) is 36.0. The van der Waals surface area contributed by atoms with Crippen LogP contribution < -0.4 is 16.2 Å². The number of aryl methyl sites for hydroxylation is 1. The molecule has 0 heterocycles. The van der Waals surface area contributed by atoms with Gasteiger partial charge in [0.15, 0.2) is 0 Å². The van der Waals surface area contributed by atoms with Crippen molar-refractivity contribution in [3.8, 4) is 12.3 Å². The van der Waals surface area contributed by atoms with E-state index in [1.54, 1.807) is 0 Å². The minimum absolute atomic E-state index is 1.05. The SMILES string of the molecule is C#C/C(CCC)=C(\C)CC.C=C/C(C=C(C)C)=c1\cc(C)ccc1=C.C=C/C(CC)=C(/C)CCC.CC.CC.CC.CC.CC.CN. The molecule has 1 nitrogen and oxygen atoms in total. The molecule has 47 heavy (non-hydrogen) atoms. The summed E-state index contributed by atoms with van der Waals surface area (Å²) in [6, 6.07) is 6.28. The van der Waals surface area contributed by atoms with Crippen molar-refractivity contribution in [1.29, 1.82) is 0 Å². The molecule has 1 heteroatoms. The molecule has 0 aliphatic carbocycles. The lowest BCUT2D eigenvalue weighted by molar-refractivity contribution is 0.884.